The van der Waals surface area contributed by atoms with Crippen molar-refractivity contribution in [2.45, 2.75) is 11.8 Å². The number of hydrogen-bond acceptors (Lipinski definition) is 6. The summed E-state index contributed by atoms with van der Waals surface area (Å²) in [4.78, 5) is 14.3. The van der Waals surface area contributed by atoms with Crippen LogP contribution in [0, 0.1) is 18.8 Å². The van der Waals surface area contributed by atoms with Crippen LogP contribution in [-0.2, 0) is 9.53 Å². The van der Waals surface area contributed by atoms with Crippen LogP contribution in [0.2, 0.25) is 0 Å². The maximum atomic E-state index is 10.8. The number of carbonyl (C=O) groups is 1. The lowest BCUT2D eigenvalue weighted by Crippen LogP contribution is -2.36. The molecule has 0 spiro atoms. The van der Waals surface area contributed by atoms with Gasteiger partial charge in [-0.15, -0.1) is 11.8 Å². The highest BCUT2D eigenvalue weighted by Crippen LogP contribution is 2.27. The molecule has 1 aliphatic heterocycles. The molecular weight excluding hydrogens is 510 g/mol. The summed E-state index contributed by atoms with van der Waals surface area (Å²) in [5.74, 6) is 6.78. The van der Waals surface area contributed by atoms with E-state index in [-0.39, 0.29) is 6.61 Å². The molecule has 0 radical (unpaired) electrons. The molecule has 39 heavy (non-hydrogen) atoms. The van der Waals surface area contributed by atoms with Crippen LogP contribution in [0.5, 0.6) is 11.5 Å². The van der Waals surface area contributed by atoms with E-state index in [2.05, 4.69) is 77.6 Å². The maximum Gasteiger partial charge on any atom is 0.341 e. The molecule has 0 bridgehead atoms. The molecule has 1 saturated heterocycles. The van der Waals surface area contributed by atoms with Gasteiger partial charge in [0.15, 0.2) is 6.61 Å². The molecule has 1 heterocycles. The second-order valence-electron chi connectivity index (χ2n) is 9.03. The van der Waals surface area contributed by atoms with E-state index in [1.807, 2.05) is 13.0 Å². The summed E-state index contributed by atoms with van der Waals surface area (Å²) in [7, 11) is 0. The van der Waals surface area contributed by atoms with E-state index in [4.69, 9.17) is 19.3 Å². The average molecular weight is 544 g/mol. The summed E-state index contributed by atoms with van der Waals surface area (Å²) < 4.78 is 16.7. The van der Waals surface area contributed by atoms with Crippen molar-refractivity contribution in [3.63, 3.8) is 0 Å². The van der Waals surface area contributed by atoms with Crippen LogP contribution >= 0.6 is 11.8 Å². The SMILES string of the molecule is CSc1ccc(/C(=C\COc2ccc(OCC(=O)O)c(C)c2)c2ccc(C#CCN3CCOCC3)cc2)cc1. The Balaban J connectivity index is 1.48. The minimum absolute atomic E-state index is 0.371. The van der Waals surface area contributed by atoms with Gasteiger partial charge in [-0.1, -0.05) is 36.1 Å². The highest BCUT2D eigenvalue weighted by molar-refractivity contribution is 7.98. The van der Waals surface area contributed by atoms with Gasteiger partial charge in [-0.05, 0) is 84.0 Å². The van der Waals surface area contributed by atoms with Crippen molar-refractivity contribution in [3.05, 3.63) is 95.1 Å². The predicted octanol–water partition coefficient (Wildman–Crippen LogP) is 5.37. The molecule has 202 valence electrons. The minimum atomic E-state index is -1.01. The zero-order chi connectivity index (χ0) is 27.5. The first-order valence-corrected chi connectivity index (χ1v) is 14.1. The molecule has 3 aromatic rings. The molecule has 7 heteroatoms. The molecule has 3 aromatic carbocycles. The third-order valence-electron chi connectivity index (χ3n) is 6.27. The third-order valence-corrected chi connectivity index (χ3v) is 7.01. The molecule has 0 aromatic heterocycles. The van der Waals surface area contributed by atoms with E-state index in [1.54, 1.807) is 23.9 Å². The molecular formula is C32H33NO5S. The highest BCUT2D eigenvalue weighted by Gasteiger charge is 2.09. The zero-order valence-corrected chi connectivity index (χ0v) is 23.1. The van der Waals surface area contributed by atoms with Crippen LogP contribution in [0.1, 0.15) is 22.3 Å². The molecule has 6 nitrogen and oxygen atoms in total. The van der Waals surface area contributed by atoms with Gasteiger partial charge in [0, 0.05) is 23.5 Å². The van der Waals surface area contributed by atoms with E-state index >= 15 is 0 Å². The van der Waals surface area contributed by atoms with Crippen molar-refractivity contribution < 1.29 is 24.1 Å². The first-order chi connectivity index (χ1) is 19.0. The lowest BCUT2D eigenvalue weighted by atomic mass is 9.97. The molecule has 0 aliphatic carbocycles. The number of carboxylic acid groups (broad SMARTS) is 1. The Hall–Kier alpha value is -3.70. The van der Waals surface area contributed by atoms with E-state index in [9.17, 15) is 4.79 Å². The molecule has 0 amide bonds. The van der Waals surface area contributed by atoms with E-state index in [0.717, 1.165) is 60.7 Å². The molecule has 4 rings (SSSR count). The van der Waals surface area contributed by atoms with Gasteiger partial charge in [-0.25, -0.2) is 4.79 Å². The largest absolute Gasteiger partial charge is 0.489 e. The fourth-order valence-corrected chi connectivity index (χ4v) is 4.56. The van der Waals surface area contributed by atoms with Crippen LogP contribution in [0.25, 0.3) is 5.57 Å². The zero-order valence-electron chi connectivity index (χ0n) is 22.3. The number of rotatable bonds is 10. The van der Waals surface area contributed by atoms with Crippen molar-refractivity contribution in [3.8, 4) is 23.3 Å². The number of aryl methyl sites for hydroxylation is 1. The summed E-state index contributed by atoms with van der Waals surface area (Å²) in [6.07, 6.45) is 4.15. The Kier molecular flexibility index (Phi) is 10.5. The Morgan fingerprint density at radius 3 is 2.36 bits per heavy atom. The standard InChI is InChI=1S/C32H33NO5S/c1-24-22-28(11-14-31(24)38-23-32(34)35)37-19-15-30(27-9-12-29(39-2)13-10-27)26-7-5-25(6-8-26)4-3-16-33-17-20-36-21-18-33/h5-15,22H,16-21,23H2,1-2H3,(H,34,35)/b30-15-. The number of benzene rings is 3. The molecule has 1 aliphatic rings. The number of hydrogen-bond donors (Lipinski definition) is 1. The topological polar surface area (TPSA) is 68.2 Å². The number of nitrogens with zero attached hydrogens (tertiary/aromatic N) is 1. The molecule has 1 N–H and O–H groups in total. The van der Waals surface area contributed by atoms with Crippen molar-refractivity contribution in [2.75, 3.05) is 52.3 Å². The Bertz CT molecular complexity index is 1330. The third kappa shape index (κ3) is 8.66. The molecule has 0 saturated carbocycles. The smallest absolute Gasteiger partial charge is 0.341 e. The summed E-state index contributed by atoms with van der Waals surface area (Å²) in [5.41, 5.74) is 5.07. The predicted molar refractivity (Wildman–Crippen MR) is 156 cm³/mol. The maximum absolute atomic E-state index is 10.8. The fourth-order valence-electron chi connectivity index (χ4n) is 4.15. The van der Waals surface area contributed by atoms with Gasteiger partial charge in [-0.3, -0.25) is 4.90 Å². The van der Waals surface area contributed by atoms with Crippen molar-refractivity contribution in [1.82, 2.24) is 4.90 Å². The highest BCUT2D eigenvalue weighted by atomic mass is 32.2. The Morgan fingerprint density at radius 1 is 1.03 bits per heavy atom. The molecule has 0 atom stereocenters. The first-order valence-electron chi connectivity index (χ1n) is 12.8. The van der Waals surface area contributed by atoms with Crippen LogP contribution < -0.4 is 9.47 Å². The number of thioether (sulfide) groups is 1. The summed E-state index contributed by atoms with van der Waals surface area (Å²) in [5, 5.41) is 8.84. The fraction of sp³-hybridized carbons (Fsp3) is 0.281. The number of carboxylic acids is 1. The van der Waals surface area contributed by atoms with E-state index in [0.29, 0.717) is 18.1 Å². The summed E-state index contributed by atoms with van der Waals surface area (Å²) in [6.45, 7) is 6.03. The van der Waals surface area contributed by atoms with E-state index < -0.39 is 5.97 Å². The first kappa shape index (κ1) is 28.3. The van der Waals surface area contributed by atoms with Gasteiger partial charge in [0.25, 0.3) is 0 Å². The van der Waals surface area contributed by atoms with Crippen molar-refractivity contribution in [1.29, 1.82) is 0 Å². The Labute approximate surface area is 234 Å². The van der Waals surface area contributed by atoms with Crippen LogP contribution in [0.4, 0.5) is 0 Å². The van der Waals surface area contributed by atoms with Gasteiger partial charge in [-0.2, -0.15) is 0 Å². The summed E-state index contributed by atoms with van der Waals surface area (Å²) >= 11 is 1.71. The monoisotopic (exact) mass is 543 g/mol. The quantitative estimate of drug-likeness (QED) is 0.272. The normalized spacial score (nSPS) is 13.8. The van der Waals surface area contributed by atoms with Gasteiger partial charge < -0.3 is 19.3 Å². The van der Waals surface area contributed by atoms with Crippen LogP contribution in [0.3, 0.4) is 0 Å². The summed E-state index contributed by atoms with van der Waals surface area (Å²) in [6, 6.07) is 22.2. The second kappa shape index (κ2) is 14.5. The lowest BCUT2D eigenvalue weighted by Gasteiger charge is -2.24. The van der Waals surface area contributed by atoms with Gasteiger partial charge >= 0.3 is 5.97 Å². The van der Waals surface area contributed by atoms with Crippen LogP contribution in [-0.4, -0.2) is 68.3 Å². The van der Waals surface area contributed by atoms with Crippen molar-refractivity contribution in [2.24, 2.45) is 0 Å². The van der Waals surface area contributed by atoms with Gasteiger partial charge in [0.05, 0.1) is 19.8 Å². The van der Waals surface area contributed by atoms with Gasteiger partial charge in [0.1, 0.15) is 18.1 Å². The van der Waals surface area contributed by atoms with Crippen LogP contribution in [0.15, 0.2) is 77.7 Å². The van der Waals surface area contributed by atoms with E-state index in [1.165, 1.54) is 4.90 Å². The number of aliphatic carboxylic acids is 1. The lowest BCUT2D eigenvalue weighted by molar-refractivity contribution is -0.139. The number of ether oxygens (including phenoxy) is 3. The average Bonchev–Trinajstić information content (AvgIpc) is 2.96. The molecule has 1 fully saturated rings. The minimum Gasteiger partial charge on any atom is -0.489 e. The van der Waals surface area contributed by atoms with Crippen molar-refractivity contribution >= 4 is 23.3 Å². The Morgan fingerprint density at radius 2 is 1.72 bits per heavy atom. The second-order valence-corrected chi connectivity index (χ2v) is 9.91. The number of morpholine rings is 1. The van der Waals surface area contributed by atoms with Gasteiger partial charge in [0.2, 0.25) is 0 Å². The molecule has 0 unspecified atom stereocenters.